The van der Waals surface area contributed by atoms with E-state index in [4.69, 9.17) is 15.9 Å². The van der Waals surface area contributed by atoms with Crippen molar-refractivity contribution in [3.8, 4) is 0 Å². The minimum absolute atomic E-state index is 0.00333. The number of nitrogens with one attached hydrogen (secondary N) is 2. The van der Waals surface area contributed by atoms with Crippen molar-refractivity contribution in [1.82, 2.24) is 10.6 Å². The number of hydrogen-bond donors (Lipinski definition) is 6. The van der Waals surface area contributed by atoms with Crippen LogP contribution in [-0.2, 0) is 19.2 Å². The Morgan fingerprint density at radius 1 is 1.08 bits per heavy atom. The zero-order valence-electron chi connectivity index (χ0n) is 13.7. The molecule has 0 spiro atoms. The average Bonchev–Trinajstić information content (AvgIpc) is 2.48. The monoisotopic (exact) mass is 363 g/mol. The Kier molecular flexibility index (Phi) is 10.0. The number of hydrogen-bond acceptors (Lipinski definition) is 6. The fourth-order valence-corrected chi connectivity index (χ4v) is 2.09. The van der Waals surface area contributed by atoms with Crippen LogP contribution >= 0.6 is 12.6 Å². The van der Waals surface area contributed by atoms with Gasteiger partial charge in [-0.25, -0.2) is 4.79 Å². The number of carbonyl (C=O) groups excluding carboxylic acids is 2. The van der Waals surface area contributed by atoms with E-state index >= 15 is 0 Å². The summed E-state index contributed by atoms with van der Waals surface area (Å²) in [6.45, 7) is 3.30. The molecule has 138 valence electrons. The molecule has 0 rings (SSSR count). The molecule has 0 heterocycles. The van der Waals surface area contributed by atoms with Crippen LogP contribution < -0.4 is 16.4 Å². The first-order valence-corrected chi connectivity index (χ1v) is 8.15. The quantitative estimate of drug-likeness (QED) is 0.262. The number of carboxylic acids is 2. The van der Waals surface area contributed by atoms with E-state index in [0.29, 0.717) is 0 Å². The lowest BCUT2D eigenvalue weighted by atomic mass is 10.0. The predicted octanol–water partition coefficient (Wildman–Crippen LogP) is -0.791. The largest absolute Gasteiger partial charge is 0.480 e. The Bertz CT molecular complexity index is 471. The fraction of sp³-hybridized carbons (Fsp3) is 0.714. The summed E-state index contributed by atoms with van der Waals surface area (Å²) in [6.07, 6.45) is 0.393. The van der Waals surface area contributed by atoms with Crippen molar-refractivity contribution in [2.45, 2.75) is 51.2 Å². The normalized spacial score (nSPS) is 14.5. The van der Waals surface area contributed by atoms with Gasteiger partial charge in [0, 0.05) is 12.2 Å². The van der Waals surface area contributed by atoms with E-state index in [0.717, 1.165) is 0 Å². The molecule has 2 amide bonds. The summed E-state index contributed by atoms with van der Waals surface area (Å²) < 4.78 is 0. The van der Waals surface area contributed by atoms with Gasteiger partial charge in [-0.3, -0.25) is 14.4 Å². The van der Waals surface area contributed by atoms with Crippen LogP contribution in [0.2, 0.25) is 0 Å². The maximum atomic E-state index is 12.1. The highest BCUT2D eigenvalue weighted by atomic mass is 32.1. The van der Waals surface area contributed by atoms with Gasteiger partial charge in [-0.2, -0.15) is 12.6 Å². The molecule has 0 fully saturated rings. The molecule has 6 N–H and O–H groups in total. The van der Waals surface area contributed by atoms with Gasteiger partial charge in [0.2, 0.25) is 11.8 Å². The molecule has 0 aromatic heterocycles. The molecular formula is C14H25N3O6S. The zero-order chi connectivity index (χ0) is 18.9. The Morgan fingerprint density at radius 3 is 2.08 bits per heavy atom. The molecule has 3 atom stereocenters. The van der Waals surface area contributed by atoms with Crippen molar-refractivity contribution < 1.29 is 29.4 Å². The van der Waals surface area contributed by atoms with Gasteiger partial charge in [-0.1, -0.05) is 13.8 Å². The predicted molar refractivity (Wildman–Crippen MR) is 89.7 cm³/mol. The van der Waals surface area contributed by atoms with E-state index in [9.17, 15) is 19.2 Å². The van der Waals surface area contributed by atoms with E-state index in [1.54, 1.807) is 13.8 Å². The number of carboxylic acid groups (broad SMARTS) is 2. The molecule has 0 saturated heterocycles. The van der Waals surface area contributed by atoms with Crippen LogP contribution in [0.15, 0.2) is 0 Å². The maximum absolute atomic E-state index is 12.1. The Hall–Kier alpha value is -1.81. The molecule has 0 aliphatic heterocycles. The minimum atomic E-state index is -1.16. The standard InChI is InChI=1S/C14H25N3O6S/c1-7(2)11(14(22)23)17-12(19)9(6-24)16-10(18)5-3-4-8(15)13(20)21/h7-9,11,24H,3-6,15H2,1-2H3,(H,16,18)(H,17,19)(H,20,21)(H,22,23)/t8-,9+,11+/m1/s1. The molecule has 0 aromatic carbocycles. The first-order chi connectivity index (χ1) is 11.1. The molecule has 0 aliphatic carbocycles. The van der Waals surface area contributed by atoms with Crippen molar-refractivity contribution in [2.75, 3.05) is 5.75 Å². The first kappa shape index (κ1) is 22.2. The van der Waals surface area contributed by atoms with Gasteiger partial charge in [0.25, 0.3) is 0 Å². The highest BCUT2D eigenvalue weighted by molar-refractivity contribution is 7.80. The molecule has 10 heteroatoms. The lowest BCUT2D eigenvalue weighted by Crippen LogP contribution is -2.53. The molecule has 0 aromatic rings. The highest BCUT2D eigenvalue weighted by Crippen LogP contribution is 2.04. The van der Waals surface area contributed by atoms with Gasteiger partial charge >= 0.3 is 11.9 Å². The van der Waals surface area contributed by atoms with E-state index in [1.807, 2.05) is 0 Å². The van der Waals surface area contributed by atoms with E-state index in [1.165, 1.54) is 0 Å². The maximum Gasteiger partial charge on any atom is 0.326 e. The summed E-state index contributed by atoms with van der Waals surface area (Å²) >= 11 is 3.99. The molecule has 24 heavy (non-hydrogen) atoms. The van der Waals surface area contributed by atoms with Crippen LogP contribution in [0.25, 0.3) is 0 Å². The Morgan fingerprint density at radius 2 is 1.67 bits per heavy atom. The van der Waals surface area contributed by atoms with Gasteiger partial charge in [0.05, 0.1) is 0 Å². The second-order valence-electron chi connectivity index (χ2n) is 5.71. The molecule has 9 nitrogen and oxygen atoms in total. The van der Waals surface area contributed by atoms with Crippen molar-refractivity contribution in [3.05, 3.63) is 0 Å². The summed E-state index contributed by atoms with van der Waals surface area (Å²) in [4.78, 5) is 45.5. The van der Waals surface area contributed by atoms with Crippen LogP contribution in [0, 0.1) is 5.92 Å². The van der Waals surface area contributed by atoms with E-state index < -0.39 is 41.9 Å². The Balaban J connectivity index is 4.47. The van der Waals surface area contributed by atoms with Crippen molar-refractivity contribution >= 4 is 36.4 Å². The minimum Gasteiger partial charge on any atom is -0.480 e. The second kappa shape index (κ2) is 10.9. The molecule has 0 bridgehead atoms. The van der Waals surface area contributed by atoms with Crippen LogP contribution in [0.1, 0.15) is 33.1 Å². The van der Waals surface area contributed by atoms with Gasteiger partial charge in [0.1, 0.15) is 18.1 Å². The van der Waals surface area contributed by atoms with Crippen molar-refractivity contribution in [3.63, 3.8) is 0 Å². The van der Waals surface area contributed by atoms with E-state index in [-0.39, 0.29) is 30.9 Å². The van der Waals surface area contributed by atoms with Crippen LogP contribution in [0.3, 0.4) is 0 Å². The summed E-state index contributed by atoms with van der Waals surface area (Å²) in [5.41, 5.74) is 5.33. The molecule has 0 unspecified atom stereocenters. The van der Waals surface area contributed by atoms with E-state index in [2.05, 4.69) is 23.3 Å². The second-order valence-corrected chi connectivity index (χ2v) is 6.07. The summed E-state index contributed by atoms with van der Waals surface area (Å²) in [6, 6.07) is -3.08. The van der Waals surface area contributed by atoms with Gasteiger partial charge < -0.3 is 26.6 Å². The topological polar surface area (TPSA) is 159 Å². The number of amides is 2. The van der Waals surface area contributed by atoms with Crippen molar-refractivity contribution in [2.24, 2.45) is 11.7 Å². The third-order valence-corrected chi connectivity index (χ3v) is 3.67. The lowest BCUT2D eigenvalue weighted by Gasteiger charge is -2.22. The average molecular weight is 363 g/mol. The third kappa shape index (κ3) is 8.16. The number of rotatable bonds is 11. The van der Waals surface area contributed by atoms with Gasteiger partial charge in [-0.15, -0.1) is 0 Å². The smallest absolute Gasteiger partial charge is 0.326 e. The molecular weight excluding hydrogens is 338 g/mol. The zero-order valence-corrected chi connectivity index (χ0v) is 14.6. The fourth-order valence-electron chi connectivity index (χ4n) is 1.83. The summed E-state index contributed by atoms with van der Waals surface area (Å²) in [5.74, 6) is -3.72. The lowest BCUT2D eigenvalue weighted by molar-refractivity contribution is -0.143. The number of aliphatic carboxylic acids is 2. The molecule has 0 aliphatic rings. The highest BCUT2D eigenvalue weighted by Gasteiger charge is 2.27. The summed E-state index contributed by atoms with van der Waals surface area (Å²) in [5, 5.41) is 22.5. The number of carbonyl (C=O) groups is 4. The SMILES string of the molecule is CC(C)[C@H](NC(=O)[C@H](CS)NC(=O)CCC[C@@H](N)C(=O)O)C(=O)O. The number of thiol groups is 1. The Labute approximate surface area is 145 Å². The molecule has 0 radical (unpaired) electrons. The van der Waals surface area contributed by atoms with Gasteiger partial charge in [0.15, 0.2) is 0 Å². The number of nitrogens with two attached hydrogens (primary N) is 1. The van der Waals surface area contributed by atoms with Crippen LogP contribution in [-0.4, -0.2) is 57.8 Å². The van der Waals surface area contributed by atoms with Crippen molar-refractivity contribution in [1.29, 1.82) is 0 Å². The third-order valence-electron chi connectivity index (χ3n) is 3.30. The summed E-state index contributed by atoms with van der Waals surface area (Å²) in [7, 11) is 0. The first-order valence-electron chi connectivity index (χ1n) is 7.51. The van der Waals surface area contributed by atoms with Gasteiger partial charge in [-0.05, 0) is 18.8 Å². The van der Waals surface area contributed by atoms with Crippen LogP contribution in [0.5, 0.6) is 0 Å². The molecule has 0 saturated carbocycles. The van der Waals surface area contributed by atoms with Crippen LogP contribution in [0.4, 0.5) is 0 Å².